The van der Waals surface area contributed by atoms with Gasteiger partial charge in [0.25, 0.3) is 0 Å². The summed E-state index contributed by atoms with van der Waals surface area (Å²) in [5, 5.41) is 3.23. The lowest BCUT2D eigenvalue weighted by Crippen LogP contribution is -2.43. The van der Waals surface area contributed by atoms with Crippen LogP contribution in [0.15, 0.2) is 18.2 Å². The number of hydrogen-bond donors (Lipinski definition) is 1. The van der Waals surface area contributed by atoms with E-state index in [4.69, 9.17) is 4.74 Å². The molecule has 0 radical (unpaired) electrons. The maximum absolute atomic E-state index is 13.2. The molecule has 7 heteroatoms. The molecule has 1 aliphatic rings. The first-order valence-corrected chi connectivity index (χ1v) is 20.3. The molecular formula is C38H69N3O2S2. The van der Waals surface area contributed by atoms with Gasteiger partial charge in [-0.1, -0.05) is 58.4 Å². The largest absolute Gasteiger partial charge is 0.491 e. The number of anilines is 1. The van der Waals surface area contributed by atoms with E-state index in [9.17, 15) is 4.79 Å². The standard InChI is InChI=1S/C38H69N3O2S2/c1-31(2)27-33-21-22-35(43-26-16-14-19-32-17-11-10-12-18-32)34(28-33)39-36(42)20-13-15-23-41(30-38(5,6)45-9)25-24-40(7)29-37(3,4)44-8/h21-22,28,31-32H,10-20,23-27,29-30H2,1-9H3,(H,39,42). The Bertz CT molecular complexity index is 962. The molecule has 5 nitrogen and oxygen atoms in total. The third kappa shape index (κ3) is 17.7. The second kappa shape index (κ2) is 21.2. The highest BCUT2D eigenvalue weighted by Crippen LogP contribution is 2.30. The molecular weight excluding hydrogens is 595 g/mol. The molecule has 0 saturated heterocycles. The Balaban J connectivity index is 1.87. The summed E-state index contributed by atoms with van der Waals surface area (Å²) in [4.78, 5) is 18.2. The van der Waals surface area contributed by atoms with Gasteiger partial charge in [-0.15, -0.1) is 0 Å². The number of rotatable bonds is 23. The molecule has 1 aromatic rings. The van der Waals surface area contributed by atoms with Gasteiger partial charge < -0.3 is 19.9 Å². The van der Waals surface area contributed by atoms with E-state index in [0.29, 0.717) is 18.9 Å². The van der Waals surface area contributed by atoms with Gasteiger partial charge in [-0.3, -0.25) is 4.79 Å². The smallest absolute Gasteiger partial charge is 0.224 e. The molecule has 0 aromatic heterocycles. The fourth-order valence-corrected chi connectivity index (χ4v) is 7.07. The van der Waals surface area contributed by atoms with E-state index in [1.165, 1.54) is 50.5 Å². The Kier molecular flexibility index (Phi) is 18.9. The number of carbonyl (C=O) groups is 1. The van der Waals surface area contributed by atoms with E-state index in [-0.39, 0.29) is 15.4 Å². The summed E-state index contributed by atoms with van der Waals surface area (Å²) >= 11 is 3.87. The van der Waals surface area contributed by atoms with Gasteiger partial charge in [0.05, 0.1) is 12.3 Å². The number of nitrogens with zero attached hydrogens (tertiary/aromatic N) is 2. The second-order valence-corrected chi connectivity index (χ2v) is 18.3. The van der Waals surface area contributed by atoms with Crippen LogP contribution in [0, 0.1) is 11.8 Å². The monoisotopic (exact) mass is 663 g/mol. The van der Waals surface area contributed by atoms with Gasteiger partial charge >= 0.3 is 0 Å². The third-order valence-electron chi connectivity index (χ3n) is 9.24. The third-order valence-corrected chi connectivity index (χ3v) is 11.7. The van der Waals surface area contributed by atoms with Crippen LogP contribution in [0.1, 0.15) is 118 Å². The van der Waals surface area contributed by atoms with Crippen LogP contribution < -0.4 is 10.1 Å². The molecule has 1 amide bonds. The van der Waals surface area contributed by atoms with Crippen molar-refractivity contribution in [3.63, 3.8) is 0 Å². The van der Waals surface area contributed by atoms with Crippen molar-refractivity contribution in [2.45, 2.75) is 128 Å². The van der Waals surface area contributed by atoms with Crippen molar-refractivity contribution in [3.05, 3.63) is 23.8 Å². The van der Waals surface area contributed by atoms with Gasteiger partial charge in [-0.25, -0.2) is 0 Å². The van der Waals surface area contributed by atoms with Crippen LogP contribution >= 0.6 is 23.5 Å². The minimum Gasteiger partial charge on any atom is -0.491 e. The molecule has 0 spiro atoms. The van der Waals surface area contributed by atoms with Gasteiger partial charge in [0, 0.05) is 42.1 Å². The molecule has 45 heavy (non-hydrogen) atoms. The van der Waals surface area contributed by atoms with Crippen molar-refractivity contribution >= 4 is 35.1 Å². The highest BCUT2D eigenvalue weighted by atomic mass is 32.2. The maximum Gasteiger partial charge on any atom is 0.224 e. The molecule has 1 saturated carbocycles. The quantitative estimate of drug-likeness (QED) is 0.118. The number of hydrogen-bond acceptors (Lipinski definition) is 6. The molecule has 0 unspecified atom stereocenters. The lowest BCUT2D eigenvalue weighted by Gasteiger charge is -2.34. The fraction of sp³-hybridized carbons (Fsp3) is 0.816. The average Bonchev–Trinajstić information content (AvgIpc) is 2.98. The molecule has 0 bridgehead atoms. The zero-order chi connectivity index (χ0) is 33.3. The number of nitrogens with one attached hydrogen (secondary N) is 1. The van der Waals surface area contributed by atoms with E-state index in [1.807, 2.05) is 23.5 Å². The minimum absolute atomic E-state index is 0.0915. The van der Waals surface area contributed by atoms with Crippen LogP contribution in [0.3, 0.4) is 0 Å². The summed E-state index contributed by atoms with van der Waals surface area (Å²) in [6.07, 6.45) is 18.6. The van der Waals surface area contributed by atoms with Crippen molar-refractivity contribution in [2.75, 3.05) is 64.2 Å². The first kappa shape index (κ1) is 40.3. The van der Waals surface area contributed by atoms with Crippen LogP contribution in [0.4, 0.5) is 5.69 Å². The van der Waals surface area contributed by atoms with E-state index in [0.717, 1.165) is 75.8 Å². The average molecular weight is 664 g/mol. The van der Waals surface area contributed by atoms with Crippen LogP contribution in [0.2, 0.25) is 0 Å². The molecule has 1 fully saturated rings. The first-order chi connectivity index (χ1) is 21.3. The van der Waals surface area contributed by atoms with E-state index >= 15 is 0 Å². The van der Waals surface area contributed by atoms with Crippen LogP contribution in [0.25, 0.3) is 0 Å². The highest BCUT2D eigenvalue weighted by Gasteiger charge is 2.23. The fourth-order valence-electron chi connectivity index (χ4n) is 6.40. The zero-order valence-electron chi connectivity index (χ0n) is 30.6. The van der Waals surface area contributed by atoms with Gasteiger partial charge in [-0.2, -0.15) is 23.5 Å². The van der Waals surface area contributed by atoms with Gasteiger partial charge in [-0.05, 0) is 115 Å². The molecule has 260 valence electrons. The Labute approximate surface area is 287 Å². The Morgan fingerprint density at radius 3 is 2.29 bits per heavy atom. The lowest BCUT2D eigenvalue weighted by molar-refractivity contribution is -0.116. The number of carbonyl (C=O) groups excluding carboxylic acids is 1. The number of unbranched alkanes of at least 4 members (excludes halogenated alkanes) is 2. The summed E-state index contributed by atoms with van der Waals surface area (Å²) in [6, 6.07) is 6.37. The highest BCUT2D eigenvalue weighted by molar-refractivity contribution is 8.00. The number of ether oxygens (including phenoxy) is 1. The van der Waals surface area contributed by atoms with Gasteiger partial charge in [0.1, 0.15) is 5.75 Å². The molecule has 0 aliphatic heterocycles. The van der Waals surface area contributed by atoms with Crippen LogP contribution in [-0.2, 0) is 11.2 Å². The van der Waals surface area contributed by atoms with Crippen molar-refractivity contribution in [1.29, 1.82) is 0 Å². The van der Waals surface area contributed by atoms with Crippen molar-refractivity contribution in [3.8, 4) is 5.75 Å². The molecule has 0 heterocycles. The zero-order valence-corrected chi connectivity index (χ0v) is 32.3. The molecule has 1 aliphatic carbocycles. The van der Waals surface area contributed by atoms with Gasteiger partial charge in [0.15, 0.2) is 0 Å². The Morgan fingerprint density at radius 2 is 1.62 bits per heavy atom. The van der Waals surface area contributed by atoms with Crippen LogP contribution in [-0.4, -0.2) is 84.1 Å². The predicted molar refractivity (Wildman–Crippen MR) is 203 cm³/mol. The summed E-state index contributed by atoms with van der Waals surface area (Å²) in [6.45, 7) is 19.8. The molecule has 1 aromatic carbocycles. The summed E-state index contributed by atoms with van der Waals surface area (Å²) in [7, 11) is 2.24. The van der Waals surface area contributed by atoms with Gasteiger partial charge in [0.2, 0.25) is 5.91 Å². The van der Waals surface area contributed by atoms with E-state index in [2.05, 4.69) is 94.4 Å². The summed E-state index contributed by atoms with van der Waals surface area (Å²) in [5.74, 6) is 2.39. The lowest BCUT2D eigenvalue weighted by atomic mass is 9.86. The topological polar surface area (TPSA) is 44.8 Å². The number of likely N-dealkylation sites (N-methyl/N-ethyl adjacent to an activating group) is 1. The first-order valence-electron chi connectivity index (χ1n) is 17.9. The predicted octanol–water partition coefficient (Wildman–Crippen LogP) is 9.64. The van der Waals surface area contributed by atoms with E-state index < -0.39 is 0 Å². The van der Waals surface area contributed by atoms with Crippen molar-refractivity contribution < 1.29 is 9.53 Å². The maximum atomic E-state index is 13.2. The number of benzene rings is 1. The number of thioether (sulfide) groups is 2. The summed E-state index contributed by atoms with van der Waals surface area (Å²) in [5.41, 5.74) is 2.09. The minimum atomic E-state index is 0.0915. The van der Waals surface area contributed by atoms with Crippen molar-refractivity contribution in [2.24, 2.45) is 11.8 Å². The summed E-state index contributed by atoms with van der Waals surface area (Å²) < 4.78 is 6.73. The molecule has 1 N–H and O–H groups in total. The Morgan fingerprint density at radius 1 is 0.933 bits per heavy atom. The Hall–Kier alpha value is -0.890. The second-order valence-electron chi connectivity index (χ2n) is 15.2. The molecule has 0 atom stereocenters. The van der Waals surface area contributed by atoms with Crippen molar-refractivity contribution in [1.82, 2.24) is 9.80 Å². The SMILES string of the molecule is CSC(C)(C)CN(C)CCN(CCCCC(=O)Nc1cc(CC(C)C)ccc1OCCCCC1CCCCC1)CC(C)(C)SC. The number of amides is 1. The van der Waals surface area contributed by atoms with Crippen LogP contribution in [0.5, 0.6) is 5.75 Å². The van der Waals surface area contributed by atoms with E-state index in [1.54, 1.807) is 0 Å². The normalized spacial score (nSPS) is 14.9. The molecule has 2 rings (SSSR count).